The number of carbonyl (C=O) groups excluding carboxylic acids is 1. The van der Waals surface area contributed by atoms with Crippen LogP contribution in [0.15, 0.2) is 0 Å². The van der Waals surface area contributed by atoms with Crippen LogP contribution in [0.1, 0.15) is 13.3 Å². The van der Waals surface area contributed by atoms with Gasteiger partial charge in [-0.25, -0.2) is 9.59 Å². The monoisotopic (exact) mass is 303 g/mol. The first-order valence-electron chi connectivity index (χ1n) is 6.80. The van der Waals surface area contributed by atoms with Crippen LogP contribution in [0.3, 0.4) is 0 Å². The number of carboxylic acid groups (broad SMARTS) is 1. The van der Waals surface area contributed by atoms with E-state index in [2.05, 4.69) is 17.1 Å². The second kappa shape index (κ2) is 7.73. The number of likely N-dealkylation sites (N-methyl/N-ethyl adjacent to an activating group) is 1. The standard InChI is InChI=1S/C13H25N3O3S/c1-9-7-16(8-11(9)15(2)3)13(19)14-10(12(17)18)5-6-20-4/h9-11H,5-8H2,1-4H3,(H,14,19)(H,17,18)/t9?,10-,11?/m0/s1. The number of likely N-dealkylation sites (tertiary alicyclic amines) is 1. The maximum absolute atomic E-state index is 12.2. The number of hydrogen-bond acceptors (Lipinski definition) is 4. The third-order valence-corrected chi connectivity index (χ3v) is 4.37. The molecule has 2 unspecified atom stereocenters. The first kappa shape index (κ1) is 17.1. The molecule has 0 spiro atoms. The molecule has 0 aromatic heterocycles. The molecule has 7 heteroatoms. The number of hydrogen-bond donors (Lipinski definition) is 2. The van der Waals surface area contributed by atoms with Crippen molar-refractivity contribution in [1.82, 2.24) is 15.1 Å². The molecule has 1 fully saturated rings. The molecule has 0 radical (unpaired) electrons. The Labute approximate surface area is 124 Å². The zero-order valence-corrected chi connectivity index (χ0v) is 13.4. The number of carboxylic acids is 1. The highest BCUT2D eigenvalue weighted by molar-refractivity contribution is 7.98. The minimum atomic E-state index is -0.969. The van der Waals surface area contributed by atoms with Crippen LogP contribution >= 0.6 is 11.8 Å². The van der Waals surface area contributed by atoms with Gasteiger partial charge in [0.2, 0.25) is 0 Å². The van der Waals surface area contributed by atoms with Crippen LogP contribution in [0.5, 0.6) is 0 Å². The first-order valence-corrected chi connectivity index (χ1v) is 8.19. The van der Waals surface area contributed by atoms with E-state index in [1.807, 2.05) is 20.4 Å². The largest absolute Gasteiger partial charge is 0.480 e. The summed E-state index contributed by atoms with van der Waals surface area (Å²) in [5.74, 6) is 0.141. The summed E-state index contributed by atoms with van der Waals surface area (Å²) in [6.45, 7) is 3.43. The Morgan fingerprint density at radius 1 is 1.45 bits per heavy atom. The van der Waals surface area contributed by atoms with Gasteiger partial charge in [-0.3, -0.25) is 0 Å². The molecule has 2 N–H and O–H groups in total. The number of urea groups is 1. The number of carbonyl (C=O) groups is 2. The van der Waals surface area contributed by atoms with E-state index in [4.69, 9.17) is 5.11 Å². The lowest BCUT2D eigenvalue weighted by Crippen LogP contribution is -2.48. The third kappa shape index (κ3) is 4.56. The second-order valence-electron chi connectivity index (χ2n) is 5.54. The summed E-state index contributed by atoms with van der Waals surface area (Å²) in [7, 11) is 4.00. The van der Waals surface area contributed by atoms with Crippen LogP contribution in [0.4, 0.5) is 4.79 Å². The molecule has 1 rings (SSSR count). The van der Waals surface area contributed by atoms with E-state index in [0.717, 1.165) is 0 Å². The third-order valence-electron chi connectivity index (χ3n) is 3.73. The normalized spacial score (nSPS) is 23.9. The number of rotatable bonds is 6. The molecular formula is C13H25N3O3S. The highest BCUT2D eigenvalue weighted by Gasteiger charge is 2.34. The van der Waals surface area contributed by atoms with Crippen molar-refractivity contribution in [3.05, 3.63) is 0 Å². The molecule has 1 heterocycles. The van der Waals surface area contributed by atoms with Crippen molar-refractivity contribution < 1.29 is 14.7 Å². The van der Waals surface area contributed by atoms with Crippen molar-refractivity contribution in [2.75, 3.05) is 39.2 Å². The van der Waals surface area contributed by atoms with Gasteiger partial charge >= 0.3 is 12.0 Å². The molecule has 20 heavy (non-hydrogen) atoms. The zero-order valence-electron chi connectivity index (χ0n) is 12.6. The smallest absolute Gasteiger partial charge is 0.326 e. The van der Waals surface area contributed by atoms with E-state index >= 15 is 0 Å². The van der Waals surface area contributed by atoms with E-state index in [-0.39, 0.29) is 6.03 Å². The minimum absolute atomic E-state index is 0.269. The van der Waals surface area contributed by atoms with Crippen LogP contribution in [-0.2, 0) is 4.79 Å². The number of amides is 2. The molecule has 0 aliphatic carbocycles. The fourth-order valence-electron chi connectivity index (χ4n) is 2.52. The first-order chi connectivity index (χ1) is 9.36. The van der Waals surface area contributed by atoms with Crippen molar-refractivity contribution in [1.29, 1.82) is 0 Å². The van der Waals surface area contributed by atoms with Crippen molar-refractivity contribution in [2.24, 2.45) is 5.92 Å². The predicted molar refractivity (Wildman–Crippen MR) is 81.2 cm³/mol. The Hall–Kier alpha value is -0.950. The Morgan fingerprint density at radius 2 is 2.10 bits per heavy atom. The average molecular weight is 303 g/mol. The lowest BCUT2D eigenvalue weighted by Gasteiger charge is -2.23. The van der Waals surface area contributed by atoms with E-state index in [1.165, 1.54) is 0 Å². The SMILES string of the molecule is CSCC[C@H](NC(=O)N1CC(C)C(N(C)C)C1)C(=O)O. The quantitative estimate of drug-likeness (QED) is 0.759. The van der Waals surface area contributed by atoms with Gasteiger partial charge in [-0.05, 0) is 38.4 Å². The van der Waals surface area contributed by atoms with E-state index < -0.39 is 12.0 Å². The van der Waals surface area contributed by atoms with Crippen LogP contribution in [0.2, 0.25) is 0 Å². The fraction of sp³-hybridized carbons (Fsp3) is 0.846. The average Bonchev–Trinajstić information content (AvgIpc) is 2.76. The number of thioether (sulfide) groups is 1. The van der Waals surface area contributed by atoms with Gasteiger partial charge in [0.15, 0.2) is 0 Å². The molecular weight excluding hydrogens is 278 g/mol. The summed E-state index contributed by atoms with van der Waals surface area (Å²) < 4.78 is 0. The molecule has 0 bridgehead atoms. The fourth-order valence-corrected chi connectivity index (χ4v) is 2.99. The summed E-state index contributed by atoms with van der Waals surface area (Å²) in [5.41, 5.74) is 0. The molecule has 0 aromatic carbocycles. The van der Waals surface area contributed by atoms with Crippen LogP contribution in [0, 0.1) is 5.92 Å². The van der Waals surface area contributed by atoms with Crippen molar-refractivity contribution >= 4 is 23.8 Å². The Kier molecular flexibility index (Phi) is 6.61. The molecule has 2 amide bonds. The van der Waals surface area contributed by atoms with Crippen molar-refractivity contribution in [3.63, 3.8) is 0 Å². The zero-order chi connectivity index (χ0) is 15.3. The lowest BCUT2D eigenvalue weighted by atomic mass is 10.1. The molecule has 116 valence electrons. The summed E-state index contributed by atoms with van der Waals surface area (Å²) in [6, 6.07) is -0.742. The van der Waals surface area contributed by atoms with Gasteiger partial charge in [0.25, 0.3) is 0 Å². The summed E-state index contributed by atoms with van der Waals surface area (Å²) in [6.07, 6.45) is 2.37. The number of nitrogens with zero attached hydrogens (tertiary/aromatic N) is 2. The maximum atomic E-state index is 12.2. The topological polar surface area (TPSA) is 72.9 Å². The molecule has 1 aliphatic heterocycles. The van der Waals surface area contributed by atoms with Gasteiger partial charge in [0, 0.05) is 19.1 Å². The highest BCUT2D eigenvalue weighted by Crippen LogP contribution is 2.20. The number of nitrogens with one attached hydrogen (secondary N) is 1. The molecule has 1 aliphatic rings. The van der Waals surface area contributed by atoms with Crippen LogP contribution in [-0.4, -0.2) is 78.2 Å². The molecule has 6 nitrogen and oxygen atoms in total. The predicted octanol–water partition coefficient (Wildman–Crippen LogP) is 0.784. The van der Waals surface area contributed by atoms with Crippen LogP contribution in [0.25, 0.3) is 0 Å². The minimum Gasteiger partial charge on any atom is -0.480 e. The maximum Gasteiger partial charge on any atom is 0.326 e. The lowest BCUT2D eigenvalue weighted by molar-refractivity contribution is -0.139. The van der Waals surface area contributed by atoms with Crippen LogP contribution < -0.4 is 5.32 Å². The second-order valence-corrected chi connectivity index (χ2v) is 6.52. The summed E-state index contributed by atoms with van der Waals surface area (Å²) in [5, 5.41) is 11.8. The van der Waals surface area contributed by atoms with Gasteiger partial charge in [0.1, 0.15) is 6.04 Å². The molecule has 0 saturated carbocycles. The highest BCUT2D eigenvalue weighted by atomic mass is 32.2. The van der Waals surface area contributed by atoms with Crippen molar-refractivity contribution in [2.45, 2.75) is 25.4 Å². The van der Waals surface area contributed by atoms with E-state index in [9.17, 15) is 9.59 Å². The van der Waals surface area contributed by atoms with E-state index in [1.54, 1.807) is 16.7 Å². The van der Waals surface area contributed by atoms with E-state index in [0.29, 0.717) is 37.2 Å². The Balaban J connectivity index is 2.55. The molecule has 1 saturated heterocycles. The summed E-state index contributed by atoms with van der Waals surface area (Å²) in [4.78, 5) is 27.1. The van der Waals surface area contributed by atoms with Gasteiger partial charge in [-0.1, -0.05) is 6.92 Å². The van der Waals surface area contributed by atoms with Gasteiger partial charge in [-0.15, -0.1) is 0 Å². The molecule has 3 atom stereocenters. The Morgan fingerprint density at radius 3 is 2.55 bits per heavy atom. The van der Waals surface area contributed by atoms with Gasteiger partial charge in [-0.2, -0.15) is 11.8 Å². The number of aliphatic carboxylic acids is 1. The molecule has 0 aromatic rings. The van der Waals surface area contributed by atoms with Gasteiger partial charge < -0.3 is 20.2 Å². The summed E-state index contributed by atoms with van der Waals surface area (Å²) >= 11 is 1.58. The Bertz CT molecular complexity index is 352. The van der Waals surface area contributed by atoms with Gasteiger partial charge in [0.05, 0.1) is 0 Å². The van der Waals surface area contributed by atoms with Crippen molar-refractivity contribution in [3.8, 4) is 0 Å².